The molecule has 0 aromatic heterocycles. The lowest BCUT2D eigenvalue weighted by molar-refractivity contribution is 0.165. The molecule has 0 nitrogen and oxygen atoms in total. The molecular weight excluding hydrogens is 378 g/mol. The fourth-order valence-electron chi connectivity index (χ4n) is 5.75. The smallest absolute Gasteiger partial charge is 0.129 e. The molecule has 0 aliphatic heterocycles. The summed E-state index contributed by atoms with van der Waals surface area (Å²) in [5, 5.41) is 0. The van der Waals surface area contributed by atoms with Gasteiger partial charge < -0.3 is 0 Å². The van der Waals surface area contributed by atoms with Crippen molar-refractivity contribution in [2.75, 3.05) is 0 Å². The van der Waals surface area contributed by atoms with Crippen molar-refractivity contribution in [3.8, 4) is 11.1 Å². The molecule has 3 heteroatoms. The van der Waals surface area contributed by atoms with Crippen molar-refractivity contribution < 1.29 is 8.78 Å². The summed E-state index contributed by atoms with van der Waals surface area (Å²) >= 11 is 0. The van der Waals surface area contributed by atoms with Gasteiger partial charge in [-0.15, -0.1) is 0 Å². The van der Waals surface area contributed by atoms with Crippen LogP contribution in [0.5, 0.6) is 0 Å². The highest BCUT2D eigenvalue weighted by atomic mass is 28.1. The molecule has 0 bridgehead atoms. The van der Waals surface area contributed by atoms with Gasteiger partial charge in [-0.2, -0.15) is 0 Å². The van der Waals surface area contributed by atoms with Gasteiger partial charge in [-0.05, 0) is 97.9 Å². The van der Waals surface area contributed by atoms with Gasteiger partial charge in [0, 0.05) is 15.8 Å². The fraction of sp³-hybridized carbons (Fsp3) is 0.538. The normalized spacial score (nSPS) is 27.8. The summed E-state index contributed by atoms with van der Waals surface area (Å²) in [4.78, 5) is 0. The van der Waals surface area contributed by atoms with Crippen molar-refractivity contribution in [1.82, 2.24) is 0 Å². The van der Waals surface area contributed by atoms with E-state index in [1.807, 2.05) is 12.1 Å². The molecule has 2 fully saturated rings. The highest BCUT2D eigenvalue weighted by molar-refractivity contribution is 6.08. The minimum Gasteiger partial charge on any atom is -0.207 e. The van der Waals surface area contributed by atoms with E-state index >= 15 is 0 Å². The summed E-state index contributed by atoms with van der Waals surface area (Å²) < 4.78 is 27.8. The van der Waals surface area contributed by atoms with Crippen molar-refractivity contribution in [3.63, 3.8) is 0 Å². The Bertz CT molecular complexity index is 790. The Hall–Kier alpha value is -1.48. The fourth-order valence-corrected chi connectivity index (χ4v) is 6.57. The van der Waals surface area contributed by atoms with Gasteiger partial charge in [0.05, 0.1) is 0 Å². The number of hydrogen-bond acceptors (Lipinski definition) is 0. The predicted octanol–water partition coefficient (Wildman–Crippen LogP) is 6.80. The zero-order valence-electron chi connectivity index (χ0n) is 17.9. The molecule has 29 heavy (non-hydrogen) atoms. The minimum absolute atomic E-state index is 0.0900. The van der Waals surface area contributed by atoms with Crippen LogP contribution in [0.3, 0.4) is 0 Å². The van der Waals surface area contributed by atoms with Crippen LogP contribution in [-0.4, -0.2) is 10.2 Å². The molecular formula is C26H34F2Si. The quantitative estimate of drug-likeness (QED) is 0.484. The van der Waals surface area contributed by atoms with Crippen LogP contribution in [0.15, 0.2) is 36.4 Å². The second kappa shape index (κ2) is 9.12. The summed E-state index contributed by atoms with van der Waals surface area (Å²) in [7, 11) is 1.37. The van der Waals surface area contributed by atoms with Crippen LogP contribution < -0.4 is 0 Å². The largest absolute Gasteiger partial charge is 0.207 e. The van der Waals surface area contributed by atoms with E-state index in [9.17, 15) is 8.78 Å². The molecule has 0 atom stereocenters. The van der Waals surface area contributed by atoms with Crippen molar-refractivity contribution in [2.24, 2.45) is 17.8 Å². The van der Waals surface area contributed by atoms with Crippen LogP contribution in [0.1, 0.15) is 68.4 Å². The number of rotatable bonds is 4. The average Bonchev–Trinajstić information content (AvgIpc) is 2.77. The maximum absolute atomic E-state index is 13.9. The Morgan fingerprint density at radius 2 is 1.28 bits per heavy atom. The van der Waals surface area contributed by atoms with E-state index in [0.717, 1.165) is 23.3 Å². The Balaban J connectivity index is 1.36. The third kappa shape index (κ3) is 4.65. The summed E-state index contributed by atoms with van der Waals surface area (Å²) in [6.45, 7) is 1.48. The molecule has 0 N–H and O–H groups in total. The molecule has 2 aromatic carbocycles. The lowest BCUT2D eigenvalue weighted by Crippen LogP contribution is -2.25. The molecule has 2 aromatic rings. The van der Waals surface area contributed by atoms with Crippen molar-refractivity contribution in [1.29, 1.82) is 0 Å². The zero-order valence-corrected chi connectivity index (χ0v) is 19.9. The van der Waals surface area contributed by atoms with Crippen LogP contribution in [-0.2, 0) is 0 Å². The molecule has 0 heterocycles. The SMILES string of the molecule is Cc1c(F)cc(-c2ccc(C3CCC(C4CCC(C[SiH3])CC4)CC3)cc2)cc1F. The second-order valence-electron chi connectivity index (χ2n) is 9.49. The number of benzene rings is 2. The van der Waals surface area contributed by atoms with Crippen LogP contribution >= 0.6 is 0 Å². The molecule has 0 unspecified atom stereocenters. The van der Waals surface area contributed by atoms with E-state index in [1.165, 1.54) is 92.3 Å². The van der Waals surface area contributed by atoms with Gasteiger partial charge >= 0.3 is 0 Å². The highest BCUT2D eigenvalue weighted by Gasteiger charge is 2.30. The maximum atomic E-state index is 13.9. The third-order valence-corrected chi connectivity index (χ3v) is 9.06. The van der Waals surface area contributed by atoms with Gasteiger partial charge in [-0.3, -0.25) is 0 Å². The van der Waals surface area contributed by atoms with Gasteiger partial charge in [0.2, 0.25) is 0 Å². The molecule has 156 valence electrons. The summed E-state index contributed by atoms with van der Waals surface area (Å²) in [5.41, 5.74) is 2.98. The molecule has 2 saturated carbocycles. The Labute approximate surface area is 177 Å². The summed E-state index contributed by atoms with van der Waals surface area (Å²) in [6.07, 6.45) is 11.2. The molecule has 2 aliphatic rings. The average molecular weight is 413 g/mol. The van der Waals surface area contributed by atoms with Crippen molar-refractivity contribution in [3.05, 3.63) is 59.2 Å². The molecule has 0 amide bonds. The lowest BCUT2D eigenvalue weighted by Gasteiger charge is -2.38. The van der Waals surface area contributed by atoms with Gasteiger partial charge in [0.1, 0.15) is 11.6 Å². The number of hydrogen-bond donors (Lipinski definition) is 0. The first kappa shape index (κ1) is 20.8. The first-order chi connectivity index (χ1) is 14.0. The molecule has 0 radical (unpaired) electrons. The van der Waals surface area contributed by atoms with E-state index < -0.39 is 11.6 Å². The lowest BCUT2D eigenvalue weighted by atomic mass is 9.68. The second-order valence-corrected chi connectivity index (χ2v) is 10.3. The summed E-state index contributed by atoms with van der Waals surface area (Å²) in [5.74, 6) is 2.66. The molecule has 4 rings (SSSR count). The predicted molar refractivity (Wildman–Crippen MR) is 121 cm³/mol. The third-order valence-electron chi connectivity index (χ3n) is 7.90. The van der Waals surface area contributed by atoms with Crippen LogP contribution in [0.4, 0.5) is 8.78 Å². The topological polar surface area (TPSA) is 0 Å². The number of halogens is 2. The van der Waals surface area contributed by atoms with Gasteiger partial charge in [0.15, 0.2) is 0 Å². The van der Waals surface area contributed by atoms with Crippen molar-refractivity contribution in [2.45, 2.75) is 70.3 Å². The zero-order chi connectivity index (χ0) is 20.4. The standard InChI is InChI=1S/C26H34F2Si/c1-17-25(27)14-24(15-26(17)28)23-12-10-22(11-13-23)21-8-6-20(7-9-21)19-4-2-18(16-29)3-5-19/h10-15,18-21H,2-9,16H2,1,29H3. The van der Waals surface area contributed by atoms with E-state index in [0.29, 0.717) is 11.5 Å². The van der Waals surface area contributed by atoms with Crippen LogP contribution in [0.2, 0.25) is 6.04 Å². The van der Waals surface area contributed by atoms with Crippen LogP contribution in [0, 0.1) is 36.3 Å². The van der Waals surface area contributed by atoms with Gasteiger partial charge in [-0.25, -0.2) is 8.78 Å². The molecule has 2 aliphatic carbocycles. The maximum Gasteiger partial charge on any atom is 0.129 e. The van der Waals surface area contributed by atoms with E-state index in [2.05, 4.69) is 12.1 Å². The Morgan fingerprint density at radius 1 is 0.759 bits per heavy atom. The van der Waals surface area contributed by atoms with Gasteiger partial charge in [-0.1, -0.05) is 43.2 Å². The molecule has 0 saturated heterocycles. The van der Waals surface area contributed by atoms with Crippen molar-refractivity contribution >= 4 is 10.2 Å². The highest BCUT2D eigenvalue weighted by Crippen LogP contribution is 2.44. The van der Waals surface area contributed by atoms with E-state index in [4.69, 9.17) is 0 Å². The first-order valence-electron chi connectivity index (χ1n) is 11.6. The Kier molecular flexibility index (Phi) is 6.53. The monoisotopic (exact) mass is 412 g/mol. The van der Waals surface area contributed by atoms with E-state index in [1.54, 1.807) is 0 Å². The Morgan fingerprint density at radius 3 is 1.79 bits per heavy atom. The minimum atomic E-state index is -0.475. The molecule has 0 spiro atoms. The van der Waals surface area contributed by atoms with Gasteiger partial charge in [0.25, 0.3) is 0 Å². The van der Waals surface area contributed by atoms with Crippen LogP contribution in [0.25, 0.3) is 11.1 Å². The summed E-state index contributed by atoms with van der Waals surface area (Å²) in [6, 6.07) is 12.8. The van der Waals surface area contributed by atoms with E-state index in [-0.39, 0.29) is 5.56 Å². The first-order valence-corrected chi connectivity index (χ1v) is 13.0.